The van der Waals surface area contributed by atoms with E-state index in [0.29, 0.717) is 77.5 Å². The van der Waals surface area contributed by atoms with Crippen molar-refractivity contribution in [2.75, 3.05) is 37.7 Å². The molecule has 7 amide bonds. The third kappa shape index (κ3) is 17.2. The second-order valence-corrected chi connectivity index (χ2v) is 21.0. The maximum absolute atomic E-state index is 12.3. The monoisotopic (exact) mass is 848 g/mol. The maximum atomic E-state index is 12.3. The van der Waals surface area contributed by atoms with Crippen LogP contribution in [0.5, 0.6) is 0 Å². The van der Waals surface area contributed by atoms with Crippen molar-refractivity contribution in [2.24, 2.45) is 5.73 Å². The number of carbonyl (C=O) groups is 5. The topological polar surface area (TPSA) is 273 Å². The average molecular weight is 849 g/mol. The molecule has 4 rings (SSSR count). The molecule has 0 radical (unpaired) electrons. The molecule has 4 aliphatic rings. The number of hydrogen-bond donors (Lipinski definition) is 8. The number of hydrogen-bond acceptors (Lipinski definition) is 11. The van der Waals surface area contributed by atoms with Gasteiger partial charge in [-0.3, -0.25) is 9.59 Å². The van der Waals surface area contributed by atoms with Gasteiger partial charge in [0.05, 0.1) is 46.2 Å². The van der Waals surface area contributed by atoms with Crippen molar-refractivity contribution in [1.82, 2.24) is 37.2 Å². The van der Waals surface area contributed by atoms with Gasteiger partial charge >= 0.3 is 18.2 Å². The number of nitrogens with two attached hydrogens (primary N) is 1. The Morgan fingerprint density at radius 3 is 1.42 bits per heavy atom. The molecule has 328 valence electrons. The average Bonchev–Trinajstić information content (AvgIpc) is 3.78. The molecule has 0 saturated carbocycles. The van der Waals surface area contributed by atoms with E-state index in [1.807, 2.05) is 20.8 Å². The van der Waals surface area contributed by atoms with Crippen LogP contribution in [-0.2, 0) is 34.0 Å². The van der Waals surface area contributed by atoms with Crippen LogP contribution in [0.25, 0.3) is 0 Å². The third-order valence-corrected chi connectivity index (χ3v) is 15.0. The summed E-state index contributed by atoms with van der Waals surface area (Å²) in [7, 11) is -6.40. The molecule has 0 aromatic rings. The molecule has 0 aliphatic carbocycles. The van der Waals surface area contributed by atoms with E-state index < -0.39 is 41.9 Å². The van der Waals surface area contributed by atoms with Gasteiger partial charge in [-0.25, -0.2) is 31.2 Å². The molecule has 18 nitrogen and oxygen atoms in total. The highest BCUT2D eigenvalue weighted by atomic mass is 32.2. The van der Waals surface area contributed by atoms with Gasteiger partial charge < -0.3 is 47.7 Å². The molecular formula is C37H68N8O10S2. The lowest BCUT2D eigenvalue weighted by Gasteiger charge is -2.19. The molecule has 0 spiro atoms. The summed E-state index contributed by atoms with van der Waals surface area (Å²) < 4.78 is 54.1. The van der Waals surface area contributed by atoms with Gasteiger partial charge in [0.15, 0.2) is 19.7 Å². The van der Waals surface area contributed by atoms with E-state index in [-0.39, 0.29) is 59.5 Å². The zero-order valence-electron chi connectivity index (χ0n) is 34.0. The van der Waals surface area contributed by atoms with Crippen molar-refractivity contribution in [1.29, 1.82) is 0 Å². The van der Waals surface area contributed by atoms with Gasteiger partial charge in [0.2, 0.25) is 11.8 Å². The second kappa shape index (κ2) is 23.3. The Labute approximate surface area is 338 Å². The van der Waals surface area contributed by atoms with E-state index in [1.165, 1.54) is 0 Å². The molecule has 9 N–H and O–H groups in total. The Bertz CT molecular complexity index is 1560. The zero-order chi connectivity index (χ0) is 42.1. The molecule has 57 heavy (non-hydrogen) atoms. The number of fused-ring (bicyclic) bond motifs is 2. The highest BCUT2D eigenvalue weighted by Crippen LogP contribution is 2.29. The van der Waals surface area contributed by atoms with Crippen molar-refractivity contribution in [3.05, 3.63) is 0 Å². The summed E-state index contributed by atoms with van der Waals surface area (Å²) in [6.07, 6.45) is 11.7. The molecule has 4 fully saturated rings. The Hall–Kier alpha value is -3.39. The number of rotatable bonds is 23. The first-order chi connectivity index (χ1) is 26.9. The zero-order valence-corrected chi connectivity index (χ0v) is 35.6. The largest absolute Gasteiger partial charge is 0.444 e. The predicted molar refractivity (Wildman–Crippen MR) is 217 cm³/mol. The van der Waals surface area contributed by atoms with Gasteiger partial charge in [0.1, 0.15) is 5.60 Å². The van der Waals surface area contributed by atoms with E-state index in [0.717, 1.165) is 51.4 Å². The number of ether oxygens (including phenoxy) is 1. The first-order valence-electron chi connectivity index (χ1n) is 20.7. The van der Waals surface area contributed by atoms with Gasteiger partial charge in [-0.2, -0.15) is 0 Å². The van der Waals surface area contributed by atoms with Crippen LogP contribution in [0.15, 0.2) is 0 Å². The van der Waals surface area contributed by atoms with Crippen LogP contribution in [0.4, 0.5) is 14.4 Å². The fourth-order valence-electron chi connectivity index (χ4n) is 7.64. The van der Waals surface area contributed by atoms with Gasteiger partial charge in [0.25, 0.3) is 0 Å². The molecule has 20 heteroatoms. The summed E-state index contributed by atoms with van der Waals surface area (Å²) in [6.45, 7) is 8.04. The SMILES string of the molecule is CC(C)(C)OC(=O)NCCCCCCNC(=O)CCCC[C@H]1[C@H]2NC(=O)NC2CS1(=O)=O.NCCCCCCNC(=O)CCCC[C@H]1[C@H]2NC(=O)NC2CS1(=O)=O. The summed E-state index contributed by atoms with van der Waals surface area (Å²) in [5.74, 6) is -0.0222. The van der Waals surface area contributed by atoms with E-state index in [4.69, 9.17) is 10.5 Å². The highest BCUT2D eigenvalue weighted by molar-refractivity contribution is 7.92. The lowest BCUT2D eigenvalue weighted by molar-refractivity contribution is -0.122. The minimum absolute atomic E-state index is 0.00567. The number of carbonyl (C=O) groups excluding carboxylic acids is 5. The summed E-state index contributed by atoms with van der Waals surface area (Å²) >= 11 is 0. The van der Waals surface area contributed by atoms with E-state index >= 15 is 0 Å². The fraction of sp³-hybridized carbons (Fsp3) is 0.865. The third-order valence-electron chi connectivity index (χ3n) is 10.5. The Balaban J connectivity index is 0.000000315. The molecule has 2 unspecified atom stereocenters. The molecule has 4 saturated heterocycles. The summed E-state index contributed by atoms with van der Waals surface area (Å²) in [4.78, 5) is 58.0. The molecule has 4 aliphatic heterocycles. The van der Waals surface area contributed by atoms with E-state index in [1.54, 1.807) is 0 Å². The first-order valence-corrected chi connectivity index (χ1v) is 24.1. The maximum Gasteiger partial charge on any atom is 0.407 e. The van der Waals surface area contributed by atoms with Crippen LogP contribution in [-0.4, -0.2) is 125 Å². The van der Waals surface area contributed by atoms with Crippen LogP contribution in [0, 0.1) is 0 Å². The van der Waals surface area contributed by atoms with Gasteiger partial charge in [-0.05, 0) is 78.7 Å². The van der Waals surface area contributed by atoms with Crippen LogP contribution < -0.4 is 43.0 Å². The quantitative estimate of drug-likeness (QED) is 0.0541. The van der Waals surface area contributed by atoms with Crippen molar-refractivity contribution in [3.8, 4) is 0 Å². The molecule has 0 aromatic carbocycles. The van der Waals surface area contributed by atoms with Crippen molar-refractivity contribution < 1.29 is 45.5 Å². The van der Waals surface area contributed by atoms with Crippen molar-refractivity contribution in [2.45, 2.75) is 164 Å². The fourth-order valence-corrected chi connectivity index (χ4v) is 12.2. The molecule has 4 heterocycles. The number of urea groups is 2. The second-order valence-electron chi connectivity index (χ2n) is 16.5. The lowest BCUT2D eigenvalue weighted by atomic mass is 10.0. The molecular weight excluding hydrogens is 781 g/mol. The summed E-state index contributed by atoms with van der Waals surface area (Å²) in [5.41, 5.74) is 4.93. The summed E-state index contributed by atoms with van der Waals surface area (Å²) in [5, 5.41) is 18.1. The minimum Gasteiger partial charge on any atom is -0.444 e. The standard InChI is InChI=1S/C21H38N4O6S.C16H30N4O4S/c1-21(2,3)31-20(28)23-13-9-5-4-8-12-22-17(26)11-7-6-10-16-18-15(14-32(16,29)30)24-19(27)25-18;17-9-5-1-2-6-10-18-14(21)8-4-3-7-13-15-12(11-25(13,23)24)19-16(22)20-15/h15-16,18H,4-14H2,1-3H3,(H,22,26)(H,23,28)(H2,24,25,27);12-13,15H,1-11,17H2,(H,18,21)(H2,19,20,22)/t15?,16-,18-;12?,13-,15-/m00/s1. The van der Waals surface area contributed by atoms with Crippen molar-refractivity contribution >= 4 is 49.6 Å². The molecule has 0 bridgehead atoms. The van der Waals surface area contributed by atoms with Gasteiger partial charge in [0, 0.05) is 32.5 Å². The number of amides is 7. The van der Waals surface area contributed by atoms with Crippen LogP contribution in [0.1, 0.15) is 124 Å². The Kier molecular flexibility index (Phi) is 19.6. The molecule has 6 atom stereocenters. The normalized spacial score (nSPS) is 25.1. The van der Waals surface area contributed by atoms with Crippen LogP contribution in [0.3, 0.4) is 0 Å². The Morgan fingerprint density at radius 2 is 1.02 bits per heavy atom. The van der Waals surface area contributed by atoms with E-state index in [2.05, 4.69) is 37.2 Å². The first kappa shape index (κ1) is 48.0. The highest BCUT2D eigenvalue weighted by Gasteiger charge is 2.52. The number of unbranched alkanes of at least 4 members (excludes halogenated alkanes) is 8. The predicted octanol–water partition coefficient (Wildman–Crippen LogP) is 1.62. The van der Waals surface area contributed by atoms with E-state index in [9.17, 15) is 40.8 Å². The van der Waals surface area contributed by atoms with Gasteiger partial charge in [-0.1, -0.05) is 38.5 Å². The summed E-state index contributed by atoms with van der Waals surface area (Å²) in [6, 6.07) is -1.95. The lowest BCUT2D eigenvalue weighted by Crippen LogP contribution is -2.39. The number of nitrogens with one attached hydrogen (secondary N) is 7. The van der Waals surface area contributed by atoms with Gasteiger partial charge in [-0.15, -0.1) is 0 Å². The molecule has 0 aromatic heterocycles. The van der Waals surface area contributed by atoms with Crippen LogP contribution >= 0.6 is 0 Å². The Morgan fingerprint density at radius 1 is 0.614 bits per heavy atom. The number of sulfone groups is 2. The van der Waals surface area contributed by atoms with Crippen LogP contribution in [0.2, 0.25) is 0 Å². The minimum atomic E-state index is -3.22. The number of alkyl carbamates (subject to hydrolysis) is 1. The van der Waals surface area contributed by atoms with Crippen molar-refractivity contribution in [3.63, 3.8) is 0 Å². The smallest absolute Gasteiger partial charge is 0.407 e.